The Morgan fingerprint density at radius 2 is 2.30 bits per heavy atom. The van der Waals surface area contributed by atoms with Crippen LogP contribution in [0, 0.1) is 0 Å². The first kappa shape index (κ1) is 9.50. The lowest BCUT2D eigenvalue weighted by Gasteiger charge is -2.09. The Morgan fingerprint density at radius 1 is 1.70 bits per heavy atom. The van der Waals surface area contributed by atoms with Gasteiger partial charge in [-0.15, -0.1) is 0 Å². The highest BCUT2D eigenvalue weighted by atomic mass is 16.5. The number of ether oxygens (including phenoxy) is 1. The van der Waals surface area contributed by atoms with E-state index in [9.17, 15) is 0 Å². The molecule has 0 radical (unpaired) electrons. The van der Waals surface area contributed by atoms with E-state index in [4.69, 9.17) is 10.5 Å². The molecule has 1 atom stereocenters. The van der Waals surface area contributed by atoms with Gasteiger partial charge in [-0.3, -0.25) is 0 Å². The maximum Gasteiger partial charge on any atom is 0.0903 e. The van der Waals surface area contributed by atoms with Gasteiger partial charge < -0.3 is 10.5 Å². The van der Waals surface area contributed by atoms with Gasteiger partial charge in [-0.2, -0.15) is 0 Å². The minimum absolute atomic E-state index is 0.157. The Labute approximate surface area is 63.1 Å². The SMILES string of the molecule is C=C(CC(C)N)OCCC. The predicted molar refractivity (Wildman–Crippen MR) is 43.6 cm³/mol. The number of hydrogen-bond acceptors (Lipinski definition) is 2. The van der Waals surface area contributed by atoms with Crippen LogP contribution in [0.15, 0.2) is 12.3 Å². The largest absolute Gasteiger partial charge is 0.499 e. The van der Waals surface area contributed by atoms with Crippen molar-refractivity contribution < 1.29 is 4.74 Å². The van der Waals surface area contributed by atoms with Crippen LogP contribution in [0.3, 0.4) is 0 Å². The van der Waals surface area contributed by atoms with Crippen LogP contribution in [0.25, 0.3) is 0 Å². The summed E-state index contributed by atoms with van der Waals surface area (Å²) < 4.78 is 5.23. The van der Waals surface area contributed by atoms with Crippen LogP contribution in [-0.2, 0) is 4.74 Å². The minimum atomic E-state index is 0.157. The summed E-state index contributed by atoms with van der Waals surface area (Å²) in [6, 6.07) is 0.157. The molecule has 0 aliphatic carbocycles. The third-order valence-electron chi connectivity index (χ3n) is 1.06. The molecule has 0 spiro atoms. The lowest BCUT2D eigenvalue weighted by Crippen LogP contribution is -2.15. The monoisotopic (exact) mass is 143 g/mol. The highest BCUT2D eigenvalue weighted by Crippen LogP contribution is 2.02. The van der Waals surface area contributed by atoms with Gasteiger partial charge in [0.15, 0.2) is 0 Å². The quantitative estimate of drug-likeness (QED) is 0.594. The molecule has 2 N–H and O–H groups in total. The Kier molecular flexibility index (Phi) is 5.03. The van der Waals surface area contributed by atoms with Crippen molar-refractivity contribution in [2.75, 3.05) is 6.61 Å². The van der Waals surface area contributed by atoms with Crippen molar-refractivity contribution in [1.82, 2.24) is 0 Å². The highest BCUT2D eigenvalue weighted by Gasteiger charge is 1.97. The molecule has 0 bridgehead atoms. The molecule has 0 saturated heterocycles. The van der Waals surface area contributed by atoms with E-state index in [0.29, 0.717) is 0 Å². The molecule has 0 aliphatic rings. The summed E-state index contributed by atoms with van der Waals surface area (Å²) >= 11 is 0. The molecule has 10 heavy (non-hydrogen) atoms. The van der Waals surface area contributed by atoms with Crippen LogP contribution in [0.2, 0.25) is 0 Å². The summed E-state index contributed by atoms with van der Waals surface area (Å²) in [5.74, 6) is 0.803. The van der Waals surface area contributed by atoms with Crippen molar-refractivity contribution in [2.24, 2.45) is 5.73 Å². The molecule has 0 amide bonds. The summed E-state index contributed by atoms with van der Waals surface area (Å²) in [4.78, 5) is 0. The first-order chi connectivity index (χ1) is 4.66. The molecular weight excluding hydrogens is 126 g/mol. The van der Waals surface area contributed by atoms with Gasteiger partial charge in [0, 0.05) is 12.5 Å². The van der Waals surface area contributed by atoms with E-state index >= 15 is 0 Å². The first-order valence-electron chi connectivity index (χ1n) is 3.73. The third-order valence-corrected chi connectivity index (χ3v) is 1.06. The molecule has 1 unspecified atom stereocenters. The van der Waals surface area contributed by atoms with Gasteiger partial charge in [0.25, 0.3) is 0 Å². The zero-order valence-electron chi connectivity index (χ0n) is 6.89. The van der Waals surface area contributed by atoms with Gasteiger partial charge in [-0.25, -0.2) is 0 Å². The second kappa shape index (κ2) is 5.30. The topological polar surface area (TPSA) is 35.2 Å². The van der Waals surface area contributed by atoms with Crippen LogP contribution < -0.4 is 5.73 Å². The first-order valence-corrected chi connectivity index (χ1v) is 3.73. The molecule has 2 heteroatoms. The lowest BCUT2D eigenvalue weighted by molar-refractivity contribution is 0.201. The van der Waals surface area contributed by atoms with Crippen molar-refractivity contribution in [3.8, 4) is 0 Å². The highest BCUT2D eigenvalue weighted by molar-refractivity contribution is 4.85. The van der Waals surface area contributed by atoms with Gasteiger partial charge >= 0.3 is 0 Å². The molecule has 0 saturated carbocycles. The van der Waals surface area contributed by atoms with Crippen molar-refractivity contribution >= 4 is 0 Å². The summed E-state index contributed by atoms with van der Waals surface area (Å²) in [6.07, 6.45) is 1.79. The maximum atomic E-state index is 5.52. The third kappa shape index (κ3) is 5.63. The molecule has 0 aromatic heterocycles. The fourth-order valence-corrected chi connectivity index (χ4v) is 0.664. The van der Waals surface area contributed by atoms with E-state index in [2.05, 4.69) is 13.5 Å². The van der Waals surface area contributed by atoms with E-state index in [-0.39, 0.29) is 6.04 Å². The van der Waals surface area contributed by atoms with Crippen LogP contribution in [0.5, 0.6) is 0 Å². The van der Waals surface area contributed by atoms with Gasteiger partial charge in [0.05, 0.1) is 12.4 Å². The average molecular weight is 143 g/mol. The molecule has 0 heterocycles. The van der Waals surface area contributed by atoms with Gasteiger partial charge in [0.2, 0.25) is 0 Å². The normalized spacial score (nSPS) is 12.7. The van der Waals surface area contributed by atoms with E-state index in [0.717, 1.165) is 25.2 Å². The standard InChI is InChI=1S/C8H17NO/c1-4-5-10-8(3)6-7(2)9/h7H,3-6,9H2,1-2H3. The smallest absolute Gasteiger partial charge is 0.0903 e. The Hall–Kier alpha value is -0.500. The van der Waals surface area contributed by atoms with Gasteiger partial charge in [-0.05, 0) is 13.3 Å². The summed E-state index contributed by atoms with van der Waals surface area (Å²) in [7, 11) is 0. The molecule has 0 rings (SSSR count). The van der Waals surface area contributed by atoms with Crippen LogP contribution in [0.4, 0.5) is 0 Å². The maximum absolute atomic E-state index is 5.52. The Morgan fingerprint density at radius 3 is 2.70 bits per heavy atom. The van der Waals surface area contributed by atoms with Crippen LogP contribution >= 0.6 is 0 Å². The average Bonchev–Trinajstić information content (AvgIpc) is 1.82. The summed E-state index contributed by atoms with van der Waals surface area (Å²) in [6.45, 7) is 8.50. The van der Waals surface area contributed by atoms with E-state index in [1.54, 1.807) is 0 Å². The molecule has 0 aromatic carbocycles. The van der Waals surface area contributed by atoms with E-state index in [1.165, 1.54) is 0 Å². The Bertz CT molecular complexity index is 99.4. The van der Waals surface area contributed by atoms with E-state index < -0.39 is 0 Å². The molecular formula is C8H17NO. The molecule has 60 valence electrons. The second-order valence-electron chi connectivity index (χ2n) is 2.57. The van der Waals surface area contributed by atoms with E-state index in [1.807, 2.05) is 6.92 Å². The Balaban J connectivity index is 3.26. The summed E-state index contributed by atoms with van der Waals surface area (Å²) in [5, 5.41) is 0. The van der Waals surface area contributed by atoms with Gasteiger partial charge in [0.1, 0.15) is 0 Å². The number of hydrogen-bond donors (Lipinski definition) is 1. The minimum Gasteiger partial charge on any atom is -0.499 e. The number of nitrogens with two attached hydrogens (primary N) is 1. The van der Waals surface area contributed by atoms with Gasteiger partial charge in [-0.1, -0.05) is 13.5 Å². The van der Waals surface area contributed by atoms with Crippen LogP contribution in [0.1, 0.15) is 26.7 Å². The zero-order chi connectivity index (χ0) is 7.98. The lowest BCUT2D eigenvalue weighted by atomic mass is 10.2. The van der Waals surface area contributed by atoms with Crippen molar-refractivity contribution in [1.29, 1.82) is 0 Å². The predicted octanol–water partition coefficient (Wildman–Crippen LogP) is 1.66. The fraction of sp³-hybridized carbons (Fsp3) is 0.750. The van der Waals surface area contributed by atoms with Crippen LogP contribution in [-0.4, -0.2) is 12.6 Å². The zero-order valence-corrected chi connectivity index (χ0v) is 6.89. The van der Waals surface area contributed by atoms with Crippen molar-refractivity contribution in [3.05, 3.63) is 12.3 Å². The molecule has 0 aromatic rings. The molecule has 0 fully saturated rings. The van der Waals surface area contributed by atoms with Crippen molar-refractivity contribution in [2.45, 2.75) is 32.7 Å². The second-order valence-corrected chi connectivity index (χ2v) is 2.57. The number of rotatable bonds is 5. The molecule has 2 nitrogen and oxygen atoms in total. The molecule has 0 aliphatic heterocycles. The van der Waals surface area contributed by atoms with Crippen molar-refractivity contribution in [3.63, 3.8) is 0 Å². The fourth-order valence-electron chi connectivity index (χ4n) is 0.664. The summed E-state index contributed by atoms with van der Waals surface area (Å²) in [5.41, 5.74) is 5.52.